The fourth-order valence-electron chi connectivity index (χ4n) is 3.88. The Balaban J connectivity index is 1.55. The predicted octanol–water partition coefficient (Wildman–Crippen LogP) is 6.06. The van der Waals surface area contributed by atoms with Crippen LogP contribution in [0, 0.1) is 0 Å². The van der Waals surface area contributed by atoms with E-state index in [1.165, 1.54) is 22.2 Å². The maximum Gasteiger partial charge on any atom is 0.198 e. The lowest BCUT2D eigenvalue weighted by Gasteiger charge is -2.32. The first-order valence-electron chi connectivity index (χ1n) is 11.2. The van der Waals surface area contributed by atoms with Crippen LogP contribution in [0.2, 0.25) is 0 Å². The van der Waals surface area contributed by atoms with Crippen LogP contribution in [0.1, 0.15) is 54.4 Å². The zero-order valence-electron chi connectivity index (χ0n) is 19.0. The summed E-state index contributed by atoms with van der Waals surface area (Å²) in [5.74, 6) is 1.34. The van der Waals surface area contributed by atoms with Crippen molar-refractivity contribution in [3.8, 4) is 0 Å². The van der Waals surface area contributed by atoms with Gasteiger partial charge in [-0.3, -0.25) is 4.79 Å². The molecule has 4 heterocycles. The molecule has 3 aromatic heterocycles. The number of carbonyl (C=O) groups excluding carboxylic acids is 1. The van der Waals surface area contributed by atoms with Crippen molar-refractivity contribution in [1.82, 2.24) is 19.6 Å². The molecule has 1 aliphatic rings. The molecule has 9 heteroatoms. The first-order valence-corrected chi connectivity index (χ1v) is 14.0. The van der Waals surface area contributed by atoms with E-state index in [9.17, 15) is 4.79 Å². The first kappa shape index (κ1) is 22.8. The van der Waals surface area contributed by atoms with E-state index in [0.717, 1.165) is 46.0 Å². The van der Waals surface area contributed by atoms with E-state index in [0.29, 0.717) is 23.1 Å². The van der Waals surface area contributed by atoms with Gasteiger partial charge in [-0.05, 0) is 19.8 Å². The number of ether oxygens (including phenoxy) is 1. The van der Waals surface area contributed by atoms with E-state index < -0.39 is 0 Å². The second kappa shape index (κ2) is 9.37. The van der Waals surface area contributed by atoms with Gasteiger partial charge in [0.15, 0.2) is 21.7 Å². The third-order valence-corrected chi connectivity index (χ3v) is 9.30. The van der Waals surface area contributed by atoms with Crippen LogP contribution in [0.25, 0.3) is 15.9 Å². The Morgan fingerprint density at radius 3 is 2.76 bits per heavy atom. The second-order valence-electron chi connectivity index (χ2n) is 8.41. The number of carbonyl (C=O) groups is 1. The molecule has 172 valence electrons. The van der Waals surface area contributed by atoms with Gasteiger partial charge in [-0.1, -0.05) is 67.7 Å². The highest BCUT2D eigenvalue weighted by atomic mass is 32.2. The molecule has 4 aromatic rings. The molecule has 1 aromatic carbocycles. The Labute approximate surface area is 205 Å². The average molecular weight is 499 g/mol. The Morgan fingerprint density at radius 1 is 1.18 bits per heavy atom. The van der Waals surface area contributed by atoms with Crippen molar-refractivity contribution in [1.29, 1.82) is 0 Å². The number of rotatable bonds is 8. The number of thioether (sulfide) groups is 2. The SMILES string of the molecule is CCCSc1nc2c3c(sc2c2nnc(SCC(=O)c4ccccc4)n12)C[C@@](C)(CC)OC3. The van der Waals surface area contributed by atoms with E-state index >= 15 is 0 Å². The fourth-order valence-corrected chi connectivity index (χ4v) is 7.01. The average Bonchev–Trinajstić information content (AvgIpc) is 3.42. The smallest absolute Gasteiger partial charge is 0.198 e. The Hall–Kier alpha value is -1.94. The molecule has 0 saturated heterocycles. The molecule has 0 radical (unpaired) electrons. The van der Waals surface area contributed by atoms with Crippen molar-refractivity contribution in [2.75, 3.05) is 11.5 Å². The summed E-state index contributed by atoms with van der Waals surface area (Å²) in [6.45, 7) is 7.10. The maximum atomic E-state index is 12.7. The van der Waals surface area contributed by atoms with Gasteiger partial charge in [0.05, 0.1) is 28.2 Å². The molecular weight excluding hydrogens is 472 g/mol. The number of benzene rings is 1. The first-order chi connectivity index (χ1) is 16.0. The minimum Gasteiger partial charge on any atom is -0.370 e. The van der Waals surface area contributed by atoms with E-state index in [1.807, 2.05) is 34.7 Å². The van der Waals surface area contributed by atoms with E-state index in [2.05, 4.69) is 31.0 Å². The number of nitrogens with zero attached hydrogens (tertiary/aromatic N) is 4. The number of hydrogen-bond donors (Lipinski definition) is 0. The number of aromatic nitrogens is 4. The zero-order valence-corrected chi connectivity index (χ0v) is 21.4. The van der Waals surface area contributed by atoms with Gasteiger partial charge in [-0.2, -0.15) is 0 Å². The molecule has 0 bridgehead atoms. The van der Waals surface area contributed by atoms with Crippen LogP contribution in [0.4, 0.5) is 0 Å². The number of fused-ring (bicyclic) bond motifs is 5. The lowest BCUT2D eigenvalue weighted by atomic mass is 9.93. The molecular formula is C24H26N4O2S3. The summed E-state index contributed by atoms with van der Waals surface area (Å²) in [6, 6.07) is 9.38. The second-order valence-corrected chi connectivity index (χ2v) is 11.5. The summed E-state index contributed by atoms with van der Waals surface area (Å²) >= 11 is 4.89. The molecule has 6 nitrogen and oxygen atoms in total. The summed E-state index contributed by atoms with van der Waals surface area (Å²) in [5.41, 5.74) is 3.59. The Bertz CT molecular complexity index is 1320. The lowest BCUT2D eigenvalue weighted by Crippen LogP contribution is -2.33. The molecule has 1 aliphatic heterocycles. The van der Waals surface area contributed by atoms with Gasteiger partial charge in [0.1, 0.15) is 0 Å². The Morgan fingerprint density at radius 2 is 2.00 bits per heavy atom. The predicted molar refractivity (Wildman–Crippen MR) is 136 cm³/mol. The van der Waals surface area contributed by atoms with Crippen molar-refractivity contribution < 1.29 is 9.53 Å². The van der Waals surface area contributed by atoms with Crippen LogP contribution in [0.3, 0.4) is 0 Å². The van der Waals surface area contributed by atoms with Crippen LogP contribution >= 0.6 is 34.9 Å². The van der Waals surface area contributed by atoms with E-state index in [-0.39, 0.29) is 11.4 Å². The van der Waals surface area contributed by atoms with Gasteiger partial charge >= 0.3 is 0 Å². The molecule has 5 rings (SSSR count). The summed E-state index contributed by atoms with van der Waals surface area (Å²) in [5, 5.41) is 10.6. The van der Waals surface area contributed by atoms with E-state index in [1.54, 1.807) is 23.1 Å². The highest BCUT2D eigenvalue weighted by Crippen LogP contribution is 2.42. The summed E-state index contributed by atoms with van der Waals surface area (Å²) in [7, 11) is 0. The monoisotopic (exact) mass is 498 g/mol. The van der Waals surface area contributed by atoms with Crippen LogP contribution in [-0.2, 0) is 17.8 Å². The highest BCUT2D eigenvalue weighted by molar-refractivity contribution is 8.00. The largest absolute Gasteiger partial charge is 0.370 e. The van der Waals surface area contributed by atoms with Crippen LogP contribution in [0.5, 0.6) is 0 Å². The summed E-state index contributed by atoms with van der Waals surface area (Å²) in [4.78, 5) is 19.1. The minimum absolute atomic E-state index is 0.0803. The normalized spacial score (nSPS) is 18.2. The molecule has 0 N–H and O–H groups in total. The van der Waals surface area contributed by atoms with Gasteiger partial charge in [-0.25, -0.2) is 9.38 Å². The molecule has 0 saturated carbocycles. The van der Waals surface area contributed by atoms with Gasteiger partial charge in [0.2, 0.25) is 0 Å². The number of ketones is 1. The molecule has 0 fully saturated rings. The number of thiophene rings is 1. The van der Waals surface area contributed by atoms with Crippen molar-refractivity contribution in [2.24, 2.45) is 0 Å². The van der Waals surface area contributed by atoms with Crippen molar-refractivity contribution in [3.05, 3.63) is 46.3 Å². The molecule has 1 atom stereocenters. The number of hydrogen-bond acceptors (Lipinski definition) is 8. The van der Waals surface area contributed by atoms with Gasteiger partial charge in [-0.15, -0.1) is 21.5 Å². The van der Waals surface area contributed by atoms with Crippen LogP contribution < -0.4 is 0 Å². The lowest BCUT2D eigenvalue weighted by molar-refractivity contribution is -0.0546. The van der Waals surface area contributed by atoms with Crippen LogP contribution in [-0.4, -0.2) is 42.5 Å². The van der Waals surface area contributed by atoms with Crippen molar-refractivity contribution in [2.45, 2.75) is 62.6 Å². The van der Waals surface area contributed by atoms with Crippen molar-refractivity contribution in [3.63, 3.8) is 0 Å². The third kappa shape index (κ3) is 4.32. The van der Waals surface area contributed by atoms with Gasteiger partial charge < -0.3 is 4.74 Å². The van der Waals surface area contributed by atoms with Crippen molar-refractivity contribution >= 4 is 56.5 Å². The van der Waals surface area contributed by atoms with Gasteiger partial charge in [0, 0.05) is 28.2 Å². The molecule has 33 heavy (non-hydrogen) atoms. The maximum absolute atomic E-state index is 12.7. The molecule has 0 spiro atoms. The third-order valence-electron chi connectivity index (χ3n) is 6.01. The van der Waals surface area contributed by atoms with Crippen LogP contribution in [0.15, 0.2) is 40.6 Å². The quantitative estimate of drug-likeness (QED) is 0.166. The zero-order chi connectivity index (χ0) is 23.0. The molecule has 0 aliphatic carbocycles. The summed E-state index contributed by atoms with van der Waals surface area (Å²) in [6.07, 6.45) is 2.91. The van der Waals surface area contributed by atoms with Gasteiger partial charge in [0.25, 0.3) is 0 Å². The fraction of sp³-hybridized carbons (Fsp3) is 0.417. The number of Topliss-reactive ketones (excluding diaryl/α,β-unsaturated/α-hetero) is 1. The topological polar surface area (TPSA) is 69.4 Å². The highest BCUT2D eigenvalue weighted by Gasteiger charge is 2.33. The summed E-state index contributed by atoms with van der Waals surface area (Å²) < 4.78 is 9.32. The Kier molecular flexibility index (Phi) is 6.48. The molecule has 0 unspecified atom stereocenters. The minimum atomic E-state index is -0.129. The molecule has 0 amide bonds. The standard InChI is InChI=1S/C24H26N4O2S3/c1-4-11-31-22-25-19-16-13-30-24(3,5-2)12-18(16)33-20(19)21-26-27-23(28(21)22)32-14-17(29)15-9-7-6-8-10-15/h6-10H,4-5,11-14H2,1-3H3/t24-/m1/s1. The van der Waals surface area contributed by atoms with E-state index in [4.69, 9.17) is 9.72 Å².